The summed E-state index contributed by atoms with van der Waals surface area (Å²) in [5.74, 6) is -12.7. The van der Waals surface area contributed by atoms with Crippen LogP contribution in [0.4, 0.5) is 44.6 Å². The van der Waals surface area contributed by atoms with Gasteiger partial charge in [-0.1, -0.05) is 17.4 Å². The number of carbonyl (C=O) groups excluding carboxylic acids is 2. The SMILES string of the molecule is CC(=O)c1cc(-c2cc3sc(N4CCOCC4)nc3nc2C(Cc2cc(F)cc(F)c2)NC(=O)Cn2nc(C(F)F)c3c2C(F)(F)CCC3(F)F)ccc1F. The number of amides is 1. The van der Waals surface area contributed by atoms with Crippen molar-refractivity contribution < 1.29 is 53.8 Å². The number of halogens is 9. The van der Waals surface area contributed by atoms with Gasteiger partial charge >= 0.3 is 0 Å². The molecule has 4 heterocycles. The predicted octanol–water partition coefficient (Wildman–Crippen LogP) is 8.03. The Morgan fingerprint density at radius 2 is 1.62 bits per heavy atom. The summed E-state index contributed by atoms with van der Waals surface area (Å²) in [6.45, 7) is 1.80. The third kappa shape index (κ3) is 7.63. The Kier molecular flexibility index (Phi) is 10.1. The van der Waals surface area contributed by atoms with E-state index in [0.29, 0.717) is 42.2 Å². The van der Waals surface area contributed by atoms with Crippen molar-refractivity contribution in [1.29, 1.82) is 0 Å². The van der Waals surface area contributed by atoms with Crippen molar-refractivity contribution in [2.75, 3.05) is 31.2 Å². The topological polar surface area (TPSA) is 102 Å². The standard InChI is InChI=1S/C36H29F9N6O3S/c1-17(52)22-13-19(2-3-24(22)39)23-15-26-33(48-34(55-26)50-6-8-54-9-7-50)47-29(23)25(12-18-10-20(37)14-21(38)11-18)46-27(53)16-51-31-28(30(49-51)32(40)41)35(42,43)4-5-36(31,44)45/h2-3,10-11,13-15,25,32H,4-9,12,16H2,1H3,(H,46,53). The number of hydrogen-bond donors (Lipinski definition) is 1. The smallest absolute Gasteiger partial charge is 0.290 e. The number of rotatable bonds is 10. The number of alkyl halides is 6. The van der Waals surface area contributed by atoms with Crippen molar-refractivity contribution in [2.45, 2.75) is 57.0 Å². The summed E-state index contributed by atoms with van der Waals surface area (Å²) in [5, 5.41) is 6.43. The van der Waals surface area contributed by atoms with Crippen LogP contribution in [0, 0.1) is 17.5 Å². The van der Waals surface area contributed by atoms with Crippen molar-refractivity contribution >= 4 is 38.5 Å². The first-order valence-electron chi connectivity index (χ1n) is 16.9. The van der Waals surface area contributed by atoms with E-state index >= 15 is 8.78 Å². The molecule has 5 aromatic rings. The molecule has 1 atom stereocenters. The Morgan fingerprint density at radius 3 is 2.29 bits per heavy atom. The zero-order valence-corrected chi connectivity index (χ0v) is 29.4. The number of pyridine rings is 1. The van der Waals surface area contributed by atoms with Gasteiger partial charge in [-0.05, 0) is 54.8 Å². The summed E-state index contributed by atoms with van der Waals surface area (Å²) in [7, 11) is 0. The summed E-state index contributed by atoms with van der Waals surface area (Å²) in [4.78, 5) is 37.4. The van der Waals surface area contributed by atoms with Gasteiger partial charge in [-0.3, -0.25) is 14.3 Å². The second kappa shape index (κ2) is 14.6. The third-order valence-corrected chi connectivity index (χ3v) is 10.4. The number of Topliss-reactive ketones (excluding diaryl/α,β-unsaturated/α-hetero) is 1. The number of ether oxygens (including phenoxy) is 1. The molecule has 1 aliphatic heterocycles. The number of fused-ring (bicyclic) bond motifs is 2. The van der Waals surface area contributed by atoms with Gasteiger partial charge in [0.15, 0.2) is 16.6 Å². The molecule has 9 nitrogen and oxygen atoms in total. The zero-order valence-electron chi connectivity index (χ0n) is 28.6. The van der Waals surface area contributed by atoms with Crippen LogP contribution in [0.15, 0.2) is 42.5 Å². The Hall–Kier alpha value is -5.04. The molecule has 3 aromatic heterocycles. The van der Waals surface area contributed by atoms with Gasteiger partial charge in [0.05, 0.1) is 40.8 Å². The summed E-state index contributed by atoms with van der Waals surface area (Å²) in [5.41, 5.74) is -4.51. The van der Waals surface area contributed by atoms with E-state index in [9.17, 15) is 40.3 Å². The Balaban J connectivity index is 1.36. The van der Waals surface area contributed by atoms with E-state index in [1.165, 1.54) is 23.5 Å². The quantitative estimate of drug-likeness (QED) is 0.113. The minimum absolute atomic E-state index is 0.0194. The normalized spacial score (nSPS) is 17.0. The molecule has 0 radical (unpaired) electrons. The molecule has 55 heavy (non-hydrogen) atoms. The summed E-state index contributed by atoms with van der Waals surface area (Å²) >= 11 is 1.25. The highest BCUT2D eigenvalue weighted by molar-refractivity contribution is 7.22. The van der Waals surface area contributed by atoms with Crippen molar-refractivity contribution in [3.05, 3.63) is 93.7 Å². The monoisotopic (exact) mass is 796 g/mol. The van der Waals surface area contributed by atoms with Crippen molar-refractivity contribution in [2.24, 2.45) is 0 Å². The minimum Gasteiger partial charge on any atom is -0.378 e. The van der Waals surface area contributed by atoms with Crippen LogP contribution in [0.5, 0.6) is 0 Å². The number of morpholine rings is 1. The number of ketones is 1. The van der Waals surface area contributed by atoms with Gasteiger partial charge < -0.3 is 15.0 Å². The molecule has 290 valence electrons. The Bertz CT molecular complexity index is 2290. The second-order valence-corrected chi connectivity index (χ2v) is 14.2. The number of aromatic nitrogens is 4. The lowest BCUT2D eigenvalue weighted by atomic mass is 9.89. The average Bonchev–Trinajstić information content (AvgIpc) is 3.73. The minimum atomic E-state index is -4.09. The fraction of sp³-hybridized carbons (Fsp3) is 0.361. The second-order valence-electron chi connectivity index (χ2n) is 13.2. The first-order valence-corrected chi connectivity index (χ1v) is 17.7. The number of nitrogens with zero attached hydrogens (tertiary/aromatic N) is 5. The first-order chi connectivity index (χ1) is 26.0. The van der Waals surface area contributed by atoms with E-state index in [1.807, 2.05) is 4.90 Å². The van der Waals surface area contributed by atoms with Crippen LogP contribution in [0.2, 0.25) is 0 Å². The fourth-order valence-electron chi connectivity index (χ4n) is 6.81. The number of carbonyl (C=O) groups is 2. The van der Waals surface area contributed by atoms with Crippen molar-refractivity contribution in [3.8, 4) is 11.1 Å². The largest absolute Gasteiger partial charge is 0.378 e. The van der Waals surface area contributed by atoms with Crippen LogP contribution in [0.25, 0.3) is 21.5 Å². The molecule has 19 heteroatoms. The molecule has 0 spiro atoms. The fourth-order valence-corrected chi connectivity index (χ4v) is 7.81. The molecule has 0 saturated carbocycles. The molecule has 7 rings (SSSR count). The average molecular weight is 797 g/mol. The van der Waals surface area contributed by atoms with E-state index in [0.717, 1.165) is 25.1 Å². The number of thiazole rings is 1. The molecule has 1 N–H and O–H groups in total. The predicted molar refractivity (Wildman–Crippen MR) is 181 cm³/mol. The van der Waals surface area contributed by atoms with Crippen molar-refractivity contribution in [3.63, 3.8) is 0 Å². The lowest BCUT2D eigenvalue weighted by Gasteiger charge is -2.29. The van der Waals surface area contributed by atoms with Crippen LogP contribution < -0.4 is 10.2 Å². The van der Waals surface area contributed by atoms with Gasteiger partial charge in [0.25, 0.3) is 18.3 Å². The molecule has 1 aliphatic carbocycles. The van der Waals surface area contributed by atoms with E-state index < -0.39 is 96.2 Å². The van der Waals surface area contributed by atoms with Gasteiger partial charge in [-0.15, -0.1) is 0 Å². The highest BCUT2D eigenvalue weighted by Crippen LogP contribution is 2.52. The number of benzene rings is 2. The third-order valence-electron chi connectivity index (χ3n) is 9.31. The van der Waals surface area contributed by atoms with E-state index in [1.54, 1.807) is 6.07 Å². The van der Waals surface area contributed by atoms with Crippen LogP contribution in [-0.2, 0) is 34.3 Å². The molecule has 0 bridgehead atoms. The van der Waals surface area contributed by atoms with Crippen LogP contribution in [0.1, 0.15) is 70.8 Å². The molecule has 1 saturated heterocycles. The van der Waals surface area contributed by atoms with Gasteiger partial charge in [0, 0.05) is 37.6 Å². The molecular weight excluding hydrogens is 767 g/mol. The molecule has 2 aromatic carbocycles. The maximum absolute atomic E-state index is 15.1. The van der Waals surface area contributed by atoms with E-state index in [2.05, 4.69) is 15.4 Å². The number of hydrogen-bond acceptors (Lipinski definition) is 8. The highest BCUT2D eigenvalue weighted by atomic mass is 32.1. The van der Waals surface area contributed by atoms with Crippen LogP contribution in [-0.4, -0.2) is 57.7 Å². The maximum atomic E-state index is 15.1. The Labute approximate surface area is 310 Å². The molecular formula is C36H29F9N6O3S. The lowest BCUT2D eigenvalue weighted by molar-refractivity contribution is -0.123. The van der Waals surface area contributed by atoms with Crippen LogP contribution >= 0.6 is 11.3 Å². The van der Waals surface area contributed by atoms with Gasteiger partial charge in [0.1, 0.15) is 35.4 Å². The van der Waals surface area contributed by atoms with E-state index in [-0.39, 0.29) is 38.3 Å². The molecule has 1 amide bonds. The lowest BCUT2D eigenvalue weighted by Crippen LogP contribution is -2.37. The summed E-state index contributed by atoms with van der Waals surface area (Å²) in [6, 6.07) is 6.37. The molecule has 2 aliphatic rings. The van der Waals surface area contributed by atoms with Crippen molar-refractivity contribution in [1.82, 2.24) is 25.1 Å². The van der Waals surface area contributed by atoms with Gasteiger partial charge in [-0.25, -0.2) is 35.7 Å². The maximum Gasteiger partial charge on any atom is 0.290 e. The van der Waals surface area contributed by atoms with Crippen LogP contribution in [0.3, 0.4) is 0 Å². The number of anilines is 1. The highest BCUT2D eigenvalue weighted by Gasteiger charge is 2.55. The van der Waals surface area contributed by atoms with Gasteiger partial charge in [0.2, 0.25) is 5.91 Å². The summed E-state index contributed by atoms with van der Waals surface area (Å²) in [6.07, 6.45) is -6.92. The molecule has 1 fully saturated rings. The Morgan fingerprint density at radius 1 is 0.927 bits per heavy atom. The van der Waals surface area contributed by atoms with E-state index in [4.69, 9.17) is 9.72 Å². The summed E-state index contributed by atoms with van der Waals surface area (Å²) < 4.78 is 138. The molecule has 1 unspecified atom stereocenters. The number of nitrogens with one attached hydrogen (secondary N) is 1. The zero-order chi connectivity index (χ0) is 39.4. The van der Waals surface area contributed by atoms with Gasteiger partial charge in [-0.2, -0.15) is 18.9 Å². The first kappa shape index (κ1) is 38.2.